The molecule has 1 atom stereocenters. The quantitative estimate of drug-likeness (QED) is 0.233. The Bertz CT molecular complexity index is 719. The monoisotopic (exact) mass is 458 g/mol. The van der Waals surface area contributed by atoms with Crippen LogP contribution in [-0.2, 0) is 20.9 Å². The summed E-state index contributed by atoms with van der Waals surface area (Å²) in [5.74, 6) is -0.0869. The van der Waals surface area contributed by atoms with Crippen molar-refractivity contribution in [1.82, 2.24) is 4.90 Å². The number of hydrogen-bond acceptors (Lipinski definition) is 4. The topological polar surface area (TPSA) is 58.6 Å². The Kier molecular flexibility index (Phi) is 13.2. The van der Waals surface area contributed by atoms with Gasteiger partial charge in [0.2, 0.25) is 5.91 Å². The number of nitrogens with zero attached hydrogens (tertiary/aromatic N) is 1. The first-order valence-corrected chi connectivity index (χ1v) is 13.4. The maximum atomic E-state index is 13.2. The van der Waals surface area contributed by atoms with E-state index in [2.05, 4.69) is 24.1 Å². The molecule has 0 saturated carbocycles. The van der Waals surface area contributed by atoms with Gasteiger partial charge in [-0.05, 0) is 51.3 Å². The van der Waals surface area contributed by atoms with E-state index in [4.69, 9.17) is 4.74 Å². The number of rotatable bonds is 15. The van der Waals surface area contributed by atoms with Gasteiger partial charge in [0.05, 0.1) is 11.7 Å². The summed E-state index contributed by atoms with van der Waals surface area (Å²) in [5, 5.41) is 3.18. The number of benzene rings is 1. The Labute approximate surface area is 201 Å². The number of ether oxygens (including phenoxy) is 1. The molecular weight excluding hydrogens is 412 g/mol. The number of carbonyl (C=O) groups is 2. The van der Waals surface area contributed by atoms with Gasteiger partial charge in [0.15, 0.2) is 0 Å². The van der Waals surface area contributed by atoms with Crippen LogP contribution < -0.4 is 5.32 Å². The van der Waals surface area contributed by atoms with Crippen LogP contribution in [-0.4, -0.2) is 35.9 Å². The highest BCUT2D eigenvalue weighted by molar-refractivity contribution is 5.96. The third kappa shape index (κ3) is 9.87. The summed E-state index contributed by atoms with van der Waals surface area (Å²) in [6.07, 6.45) is 14.2. The summed E-state index contributed by atoms with van der Waals surface area (Å²) in [6.45, 7) is 8.58. The first-order valence-electron chi connectivity index (χ1n) is 13.4. The number of nitrogens with one attached hydrogen (secondary N) is 1. The number of amides is 1. The molecule has 0 radical (unpaired) electrons. The molecule has 0 aromatic heterocycles. The highest BCUT2D eigenvalue weighted by Gasteiger charge is 2.28. The maximum Gasteiger partial charge on any atom is 0.306 e. The number of aryl methyl sites for hydroxylation is 1. The van der Waals surface area contributed by atoms with Crippen molar-refractivity contribution in [3.8, 4) is 0 Å². The van der Waals surface area contributed by atoms with E-state index >= 15 is 0 Å². The zero-order valence-electron chi connectivity index (χ0n) is 21.3. The number of piperidine rings is 1. The Morgan fingerprint density at radius 2 is 1.73 bits per heavy atom. The van der Waals surface area contributed by atoms with E-state index < -0.39 is 0 Å². The first kappa shape index (κ1) is 27.4. The van der Waals surface area contributed by atoms with E-state index in [-0.39, 0.29) is 24.5 Å². The average molecular weight is 459 g/mol. The van der Waals surface area contributed by atoms with Gasteiger partial charge in [0, 0.05) is 12.0 Å². The largest absolute Gasteiger partial charge is 0.461 e. The highest BCUT2D eigenvalue weighted by Crippen LogP contribution is 2.25. The first-order chi connectivity index (χ1) is 16.1. The summed E-state index contributed by atoms with van der Waals surface area (Å²) in [7, 11) is 0. The lowest BCUT2D eigenvalue weighted by Gasteiger charge is -2.34. The standard InChI is InChI=1S/C28H46N2O3/c1-4-6-8-9-10-11-12-19-26(31)33-22-24-17-15-16-23(3)27(24)29-28(32)25-18-13-14-21-30(25)20-7-5-2/h15-17,25H,4-14,18-22H2,1-3H3,(H,29,32)/t25-/m0/s1. The van der Waals surface area contributed by atoms with E-state index in [1.807, 2.05) is 25.1 Å². The van der Waals surface area contributed by atoms with Crippen molar-refractivity contribution in [3.05, 3.63) is 29.3 Å². The summed E-state index contributed by atoms with van der Waals surface area (Å²) in [5.41, 5.74) is 2.67. The minimum atomic E-state index is -0.152. The predicted molar refractivity (Wildman–Crippen MR) is 136 cm³/mol. The van der Waals surface area contributed by atoms with E-state index in [1.54, 1.807) is 0 Å². The Morgan fingerprint density at radius 1 is 1.00 bits per heavy atom. The molecule has 0 spiro atoms. The zero-order valence-corrected chi connectivity index (χ0v) is 21.3. The van der Waals surface area contributed by atoms with Crippen LogP contribution in [0.3, 0.4) is 0 Å². The van der Waals surface area contributed by atoms with Crippen LogP contribution in [0.15, 0.2) is 18.2 Å². The molecule has 1 aromatic rings. The van der Waals surface area contributed by atoms with Gasteiger partial charge in [0.25, 0.3) is 0 Å². The average Bonchev–Trinajstić information content (AvgIpc) is 2.82. The van der Waals surface area contributed by atoms with E-state index in [0.29, 0.717) is 6.42 Å². The van der Waals surface area contributed by atoms with Crippen molar-refractivity contribution in [3.63, 3.8) is 0 Å². The number of unbranched alkanes of at least 4 members (excludes halogenated alkanes) is 7. The molecule has 1 saturated heterocycles. The lowest BCUT2D eigenvalue weighted by Crippen LogP contribution is -2.47. The Morgan fingerprint density at radius 3 is 2.48 bits per heavy atom. The van der Waals surface area contributed by atoms with Gasteiger partial charge in [-0.1, -0.05) is 83.4 Å². The van der Waals surface area contributed by atoms with Gasteiger partial charge >= 0.3 is 5.97 Å². The van der Waals surface area contributed by atoms with Crippen molar-refractivity contribution in [2.45, 2.75) is 117 Å². The fourth-order valence-electron chi connectivity index (χ4n) is 4.61. The fraction of sp³-hybridized carbons (Fsp3) is 0.714. The second kappa shape index (κ2) is 15.9. The fourth-order valence-corrected chi connectivity index (χ4v) is 4.61. The SMILES string of the molecule is CCCCCCCCCC(=O)OCc1cccc(C)c1NC(=O)[C@@H]1CCCCN1CCCC. The van der Waals surface area contributed by atoms with Gasteiger partial charge in [-0.2, -0.15) is 0 Å². The lowest BCUT2D eigenvalue weighted by molar-refractivity contribution is -0.145. The molecule has 0 bridgehead atoms. The molecule has 186 valence electrons. The van der Waals surface area contributed by atoms with Crippen molar-refractivity contribution in [2.24, 2.45) is 0 Å². The number of likely N-dealkylation sites (tertiary alicyclic amines) is 1. The Balaban J connectivity index is 1.86. The molecule has 1 fully saturated rings. The molecule has 5 heteroatoms. The van der Waals surface area contributed by atoms with Crippen molar-refractivity contribution >= 4 is 17.6 Å². The van der Waals surface area contributed by atoms with Crippen LogP contribution >= 0.6 is 0 Å². The molecular formula is C28H46N2O3. The molecule has 1 heterocycles. The van der Waals surface area contributed by atoms with E-state index in [1.165, 1.54) is 32.1 Å². The molecule has 1 aliphatic heterocycles. The smallest absolute Gasteiger partial charge is 0.306 e. The van der Waals surface area contributed by atoms with Crippen LogP contribution in [0.5, 0.6) is 0 Å². The number of hydrogen-bond donors (Lipinski definition) is 1. The number of carbonyl (C=O) groups excluding carboxylic acids is 2. The second-order valence-electron chi connectivity index (χ2n) is 9.53. The van der Waals surface area contributed by atoms with Crippen molar-refractivity contribution in [1.29, 1.82) is 0 Å². The zero-order chi connectivity index (χ0) is 23.9. The number of para-hydroxylation sites is 1. The Hall–Kier alpha value is -1.88. The van der Waals surface area contributed by atoms with Gasteiger partial charge in [-0.15, -0.1) is 0 Å². The molecule has 5 nitrogen and oxygen atoms in total. The molecule has 1 amide bonds. The van der Waals surface area contributed by atoms with Gasteiger partial charge in [-0.3, -0.25) is 14.5 Å². The second-order valence-corrected chi connectivity index (χ2v) is 9.53. The molecule has 0 aliphatic carbocycles. The van der Waals surface area contributed by atoms with Gasteiger partial charge in [-0.25, -0.2) is 0 Å². The van der Waals surface area contributed by atoms with E-state index in [0.717, 1.165) is 74.8 Å². The number of esters is 1. The lowest BCUT2D eigenvalue weighted by atomic mass is 10.00. The van der Waals surface area contributed by atoms with Crippen LogP contribution in [0.2, 0.25) is 0 Å². The minimum absolute atomic E-state index is 0.0655. The number of anilines is 1. The van der Waals surface area contributed by atoms with Crippen LogP contribution in [0.4, 0.5) is 5.69 Å². The predicted octanol–water partition coefficient (Wildman–Crippen LogP) is 6.77. The van der Waals surface area contributed by atoms with Crippen LogP contribution in [0.25, 0.3) is 0 Å². The third-order valence-electron chi connectivity index (χ3n) is 6.70. The van der Waals surface area contributed by atoms with Crippen LogP contribution in [0.1, 0.15) is 108 Å². The molecule has 2 rings (SSSR count). The summed E-state index contributed by atoms with van der Waals surface area (Å²) in [6, 6.07) is 5.82. The third-order valence-corrected chi connectivity index (χ3v) is 6.70. The van der Waals surface area contributed by atoms with Gasteiger partial charge < -0.3 is 10.1 Å². The van der Waals surface area contributed by atoms with Crippen molar-refractivity contribution < 1.29 is 14.3 Å². The maximum absolute atomic E-state index is 13.2. The van der Waals surface area contributed by atoms with E-state index in [9.17, 15) is 9.59 Å². The molecule has 33 heavy (non-hydrogen) atoms. The normalized spacial score (nSPS) is 16.5. The molecule has 1 aromatic carbocycles. The minimum Gasteiger partial charge on any atom is -0.461 e. The highest BCUT2D eigenvalue weighted by atomic mass is 16.5. The van der Waals surface area contributed by atoms with Crippen molar-refractivity contribution in [2.75, 3.05) is 18.4 Å². The summed E-state index contributed by atoms with van der Waals surface area (Å²) < 4.78 is 5.57. The summed E-state index contributed by atoms with van der Waals surface area (Å²) >= 11 is 0. The van der Waals surface area contributed by atoms with Gasteiger partial charge in [0.1, 0.15) is 6.61 Å². The van der Waals surface area contributed by atoms with Crippen LogP contribution in [0, 0.1) is 6.92 Å². The molecule has 0 unspecified atom stereocenters. The molecule has 1 N–H and O–H groups in total. The summed E-state index contributed by atoms with van der Waals surface area (Å²) in [4.78, 5) is 27.8. The molecule has 1 aliphatic rings.